The average molecular weight is 544 g/mol. The molecule has 2 aromatic rings. The van der Waals surface area contributed by atoms with Gasteiger partial charge in [0.05, 0.1) is 30.3 Å². The van der Waals surface area contributed by atoms with Crippen molar-refractivity contribution in [2.24, 2.45) is 0 Å². The van der Waals surface area contributed by atoms with Crippen LogP contribution in [0.4, 0.5) is 0 Å². The number of hydrogen-bond donors (Lipinski definition) is 3. The van der Waals surface area contributed by atoms with Crippen LogP contribution in [0.15, 0.2) is 47.4 Å². The summed E-state index contributed by atoms with van der Waals surface area (Å²) in [7, 11) is -2.05. The predicted molar refractivity (Wildman–Crippen MR) is 153 cm³/mol. The summed E-state index contributed by atoms with van der Waals surface area (Å²) in [5, 5.41) is 9.99. The molecule has 1 aliphatic rings. The Morgan fingerprint density at radius 1 is 1.13 bits per heavy atom. The second-order valence-corrected chi connectivity index (χ2v) is 12.3. The van der Waals surface area contributed by atoms with E-state index in [2.05, 4.69) is 43.6 Å². The highest BCUT2D eigenvalue weighted by Gasteiger charge is 2.42. The Kier molecular flexibility index (Phi) is 10.8. The molecule has 0 aromatic heterocycles. The molecule has 38 heavy (non-hydrogen) atoms. The summed E-state index contributed by atoms with van der Waals surface area (Å²) < 4.78 is 33.6. The number of carbonyl (C=O) groups excluding carboxylic acids is 1. The molecule has 0 saturated heterocycles. The minimum atomic E-state index is -3.63. The van der Waals surface area contributed by atoms with Crippen molar-refractivity contribution in [2.75, 3.05) is 19.4 Å². The Morgan fingerprint density at radius 3 is 2.45 bits per heavy atom. The summed E-state index contributed by atoms with van der Waals surface area (Å²) in [5.41, 5.74) is 1.80. The summed E-state index contributed by atoms with van der Waals surface area (Å²) in [6.45, 7) is 8.78. The number of methoxy groups -OCH3 is 1. The zero-order valence-corrected chi connectivity index (χ0v) is 24.4. The van der Waals surface area contributed by atoms with Crippen LogP contribution in [0.2, 0.25) is 0 Å². The number of benzene rings is 2. The number of nitrogens with one attached hydrogen (secondary N) is 3. The maximum atomic E-state index is 14.0. The summed E-state index contributed by atoms with van der Waals surface area (Å²) in [5.74, 6) is 0.460. The van der Waals surface area contributed by atoms with Crippen molar-refractivity contribution >= 4 is 15.7 Å². The highest BCUT2D eigenvalue weighted by atomic mass is 32.2. The number of carbonyl (C=O) groups is 1. The van der Waals surface area contributed by atoms with Crippen molar-refractivity contribution < 1.29 is 17.9 Å². The summed E-state index contributed by atoms with van der Waals surface area (Å²) >= 11 is 0. The molecule has 8 heteroatoms. The first kappa shape index (κ1) is 30.1. The number of fused-ring (bicyclic) bond motifs is 1. The lowest BCUT2D eigenvalue weighted by Crippen LogP contribution is -2.50. The van der Waals surface area contributed by atoms with Crippen molar-refractivity contribution in [3.8, 4) is 5.75 Å². The topological polar surface area (TPSA) is 96.5 Å². The minimum absolute atomic E-state index is 0.0320. The molecule has 0 bridgehead atoms. The zero-order valence-electron chi connectivity index (χ0n) is 23.6. The van der Waals surface area contributed by atoms with Gasteiger partial charge in [0.1, 0.15) is 5.75 Å². The molecule has 7 nitrogen and oxygen atoms in total. The van der Waals surface area contributed by atoms with Gasteiger partial charge >= 0.3 is 0 Å². The fourth-order valence-electron chi connectivity index (χ4n) is 5.33. The molecule has 3 N–H and O–H groups in total. The average Bonchev–Trinajstić information content (AvgIpc) is 3.03. The van der Waals surface area contributed by atoms with E-state index in [-0.39, 0.29) is 30.8 Å². The fraction of sp³-hybridized carbons (Fsp3) is 0.567. The summed E-state index contributed by atoms with van der Waals surface area (Å²) in [4.78, 5) is 12.9. The van der Waals surface area contributed by atoms with E-state index in [1.165, 1.54) is 0 Å². The molecule has 1 aliphatic heterocycles. The van der Waals surface area contributed by atoms with Crippen molar-refractivity contribution in [1.82, 2.24) is 16.0 Å². The minimum Gasteiger partial charge on any atom is -0.496 e. The van der Waals surface area contributed by atoms with Crippen LogP contribution in [0, 0.1) is 0 Å². The smallest absolute Gasteiger partial charge is 0.234 e. The first-order valence-corrected chi connectivity index (χ1v) is 15.6. The molecule has 1 amide bonds. The van der Waals surface area contributed by atoms with Gasteiger partial charge in [0.15, 0.2) is 9.84 Å². The maximum Gasteiger partial charge on any atom is 0.234 e. The van der Waals surface area contributed by atoms with Gasteiger partial charge in [0.2, 0.25) is 5.91 Å². The van der Waals surface area contributed by atoms with E-state index in [9.17, 15) is 13.2 Å². The van der Waals surface area contributed by atoms with Gasteiger partial charge in [-0.2, -0.15) is 0 Å². The fourth-order valence-corrected chi connectivity index (χ4v) is 7.50. The Labute approximate surface area is 229 Å². The third-order valence-corrected chi connectivity index (χ3v) is 9.76. The number of amides is 1. The van der Waals surface area contributed by atoms with Gasteiger partial charge in [-0.3, -0.25) is 10.1 Å². The summed E-state index contributed by atoms with van der Waals surface area (Å²) in [6.07, 6.45) is 5.33. The van der Waals surface area contributed by atoms with Gasteiger partial charge in [-0.1, -0.05) is 70.9 Å². The van der Waals surface area contributed by atoms with Crippen molar-refractivity contribution in [3.05, 3.63) is 59.2 Å². The van der Waals surface area contributed by atoms with E-state index in [1.54, 1.807) is 13.2 Å². The Bertz CT molecular complexity index is 1170. The number of sulfone groups is 1. The Hall–Kier alpha value is -2.42. The third-order valence-electron chi connectivity index (χ3n) is 7.81. The van der Waals surface area contributed by atoms with Crippen molar-refractivity contribution in [3.63, 3.8) is 0 Å². The molecule has 2 atom stereocenters. The lowest BCUT2D eigenvalue weighted by molar-refractivity contribution is -0.120. The van der Waals surface area contributed by atoms with Crippen LogP contribution in [0.25, 0.3) is 0 Å². The van der Waals surface area contributed by atoms with E-state index >= 15 is 0 Å². The van der Waals surface area contributed by atoms with Gasteiger partial charge in [-0.15, -0.1) is 0 Å². The molecule has 2 aromatic carbocycles. The number of ether oxygens (including phenoxy) is 1. The van der Waals surface area contributed by atoms with Crippen molar-refractivity contribution in [1.29, 1.82) is 0 Å². The highest BCUT2D eigenvalue weighted by molar-refractivity contribution is 7.91. The maximum absolute atomic E-state index is 14.0. The molecule has 0 fully saturated rings. The van der Waals surface area contributed by atoms with E-state index < -0.39 is 15.4 Å². The van der Waals surface area contributed by atoms with Crippen LogP contribution in [0.1, 0.15) is 89.0 Å². The van der Waals surface area contributed by atoms with E-state index in [1.807, 2.05) is 36.4 Å². The highest BCUT2D eigenvalue weighted by Crippen LogP contribution is 2.40. The normalized spacial score (nSPS) is 20.5. The molecule has 0 saturated carbocycles. The first-order chi connectivity index (χ1) is 18.2. The predicted octanol–water partition coefficient (Wildman–Crippen LogP) is 4.89. The Balaban J connectivity index is 2.02. The lowest BCUT2D eigenvalue weighted by atomic mass is 9.88. The van der Waals surface area contributed by atoms with Crippen LogP contribution < -0.4 is 20.7 Å². The lowest BCUT2D eigenvalue weighted by Gasteiger charge is -2.36. The second kappa shape index (κ2) is 13.6. The number of unbranched alkanes of at least 4 members (excludes halogenated alkanes) is 1. The van der Waals surface area contributed by atoms with Crippen LogP contribution >= 0.6 is 0 Å². The standard InChI is InChI=1S/C30H45N3O4S/c1-6-10-16-30(9-4)21-38(35,36)27-17-23(19-32-28(34)20-31-24(7-2)8-3)26(37-5)18-25(27)29(33-30)22-14-12-11-13-15-22/h11-15,17-18,24,29,31,33H,6-10,16,19-21H2,1-5H3,(H,32,34)/t29-,30-/m1/s1. The molecule has 1 heterocycles. The van der Waals surface area contributed by atoms with E-state index in [4.69, 9.17) is 4.74 Å². The second-order valence-electron chi connectivity index (χ2n) is 10.4. The summed E-state index contributed by atoms with van der Waals surface area (Å²) in [6, 6.07) is 13.5. The Morgan fingerprint density at radius 2 is 1.84 bits per heavy atom. The van der Waals surface area contributed by atoms with Crippen LogP contribution in [-0.2, 0) is 21.2 Å². The van der Waals surface area contributed by atoms with Crippen molar-refractivity contribution in [2.45, 2.75) is 95.3 Å². The van der Waals surface area contributed by atoms with Gasteiger partial charge in [0.25, 0.3) is 0 Å². The van der Waals surface area contributed by atoms with Crippen LogP contribution in [0.5, 0.6) is 5.75 Å². The monoisotopic (exact) mass is 543 g/mol. The SMILES string of the molecule is CCCC[C@]1(CC)CS(=O)(=O)c2cc(CNC(=O)CNC(CC)CC)c(OC)cc2[C@@H](c2ccccc2)N1. The number of hydrogen-bond acceptors (Lipinski definition) is 6. The molecule has 3 rings (SSSR count). The van der Waals surface area contributed by atoms with E-state index in [0.717, 1.165) is 37.7 Å². The van der Waals surface area contributed by atoms with Gasteiger partial charge in [-0.05, 0) is 48.9 Å². The first-order valence-electron chi connectivity index (χ1n) is 14.0. The molecular formula is C30H45N3O4S. The number of rotatable bonds is 13. The molecule has 210 valence electrons. The van der Waals surface area contributed by atoms with E-state index in [0.29, 0.717) is 34.2 Å². The molecule has 0 unspecified atom stereocenters. The largest absolute Gasteiger partial charge is 0.496 e. The van der Waals surface area contributed by atoms with Gasteiger partial charge < -0.3 is 15.4 Å². The molecule has 0 spiro atoms. The van der Waals surface area contributed by atoms with Crippen LogP contribution in [0.3, 0.4) is 0 Å². The zero-order chi connectivity index (χ0) is 27.8. The molecule has 0 radical (unpaired) electrons. The molecular weight excluding hydrogens is 498 g/mol. The third kappa shape index (κ3) is 7.16. The van der Waals surface area contributed by atoms with Gasteiger partial charge in [-0.25, -0.2) is 8.42 Å². The van der Waals surface area contributed by atoms with Crippen LogP contribution in [-0.4, -0.2) is 45.3 Å². The molecule has 0 aliphatic carbocycles. The van der Waals surface area contributed by atoms with Gasteiger partial charge in [0, 0.05) is 23.7 Å². The quantitative estimate of drug-likeness (QED) is 0.333.